The van der Waals surface area contributed by atoms with Crippen LogP contribution in [-0.2, 0) is 9.59 Å². The Kier molecular flexibility index (Phi) is 8.62. The van der Waals surface area contributed by atoms with Crippen molar-refractivity contribution in [3.8, 4) is 0 Å². The number of benzene rings is 2. The molecule has 0 atom stereocenters. The predicted molar refractivity (Wildman–Crippen MR) is 124 cm³/mol. The Hall–Kier alpha value is -2.70. The minimum atomic E-state index is -0.497. The van der Waals surface area contributed by atoms with Gasteiger partial charge in [-0.2, -0.15) is 0 Å². The first-order valence-electron chi connectivity index (χ1n) is 11.3. The molecule has 2 amide bonds. The highest BCUT2D eigenvalue weighted by atomic mass is 16.2. The molecule has 2 aromatic rings. The van der Waals surface area contributed by atoms with E-state index < -0.39 is 11.8 Å². The van der Waals surface area contributed by atoms with Crippen LogP contribution in [0.2, 0.25) is 0 Å². The van der Waals surface area contributed by atoms with Gasteiger partial charge in [-0.1, -0.05) is 74.5 Å². The molecular formula is C25H34N4O2. The summed E-state index contributed by atoms with van der Waals surface area (Å²) in [6.45, 7) is 9.88. The minimum absolute atomic E-state index is 0.141. The molecule has 0 saturated carbocycles. The first kappa shape index (κ1) is 23.0. The van der Waals surface area contributed by atoms with Gasteiger partial charge in [-0.3, -0.25) is 14.5 Å². The van der Waals surface area contributed by atoms with Gasteiger partial charge < -0.3 is 15.1 Å². The molecule has 1 aliphatic rings. The highest BCUT2D eigenvalue weighted by Crippen LogP contribution is 2.29. The second kappa shape index (κ2) is 11.6. The van der Waals surface area contributed by atoms with E-state index in [1.54, 1.807) is 4.90 Å². The monoisotopic (exact) mass is 422 g/mol. The van der Waals surface area contributed by atoms with Gasteiger partial charge in [-0.05, 0) is 24.2 Å². The number of piperazine rings is 1. The summed E-state index contributed by atoms with van der Waals surface area (Å²) in [6.07, 6.45) is 0. The molecule has 6 nitrogen and oxygen atoms in total. The summed E-state index contributed by atoms with van der Waals surface area (Å²) < 4.78 is 0. The van der Waals surface area contributed by atoms with Crippen molar-refractivity contribution in [2.24, 2.45) is 0 Å². The maximum absolute atomic E-state index is 12.6. The maximum Gasteiger partial charge on any atom is 0.311 e. The fourth-order valence-corrected chi connectivity index (χ4v) is 4.15. The zero-order valence-corrected chi connectivity index (χ0v) is 18.7. The molecule has 2 aromatic carbocycles. The number of likely N-dealkylation sites (N-methyl/N-ethyl adjacent to an activating group) is 1. The van der Waals surface area contributed by atoms with Crippen molar-refractivity contribution in [1.29, 1.82) is 0 Å². The van der Waals surface area contributed by atoms with Crippen molar-refractivity contribution in [1.82, 2.24) is 20.0 Å². The van der Waals surface area contributed by atoms with Gasteiger partial charge in [0.05, 0.1) is 6.04 Å². The van der Waals surface area contributed by atoms with Crippen LogP contribution in [0.4, 0.5) is 0 Å². The third kappa shape index (κ3) is 6.15. The molecule has 0 radical (unpaired) electrons. The normalized spacial score (nSPS) is 14.8. The molecule has 0 spiro atoms. The van der Waals surface area contributed by atoms with Gasteiger partial charge in [0, 0.05) is 39.3 Å². The van der Waals surface area contributed by atoms with Crippen molar-refractivity contribution in [3.63, 3.8) is 0 Å². The first-order chi connectivity index (χ1) is 15.1. The first-order valence-corrected chi connectivity index (χ1v) is 11.3. The molecular weight excluding hydrogens is 388 g/mol. The van der Waals surface area contributed by atoms with Gasteiger partial charge >= 0.3 is 11.8 Å². The van der Waals surface area contributed by atoms with Crippen molar-refractivity contribution in [2.45, 2.75) is 19.9 Å². The number of carbonyl (C=O) groups excluding carboxylic acids is 2. The van der Waals surface area contributed by atoms with Crippen LogP contribution in [0.3, 0.4) is 0 Å². The number of amides is 2. The van der Waals surface area contributed by atoms with E-state index in [-0.39, 0.29) is 6.04 Å². The van der Waals surface area contributed by atoms with E-state index in [2.05, 4.69) is 77.5 Å². The van der Waals surface area contributed by atoms with Crippen molar-refractivity contribution in [3.05, 3.63) is 71.8 Å². The van der Waals surface area contributed by atoms with Crippen molar-refractivity contribution >= 4 is 11.8 Å². The molecule has 0 unspecified atom stereocenters. The minimum Gasteiger partial charge on any atom is -0.347 e. The summed E-state index contributed by atoms with van der Waals surface area (Å²) in [5.74, 6) is -0.918. The second-order valence-electron chi connectivity index (χ2n) is 7.83. The largest absolute Gasteiger partial charge is 0.347 e. The molecule has 31 heavy (non-hydrogen) atoms. The van der Waals surface area contributed by atoms with Crippen LogP contribution < -0.4 is 5.32 Å². The SMILES string of the molecule is CCN(CC)CCNC(=O)C(=O)N1CCN(C(c2ccccc2)c2ccccc2)CC1. The van der Waals surface area contributed by atoms with Gasteiger partial charge in [0.2, 0.25) is 0 Å². The lowest BCUT2D eigenvalue weighted by Gasteiger charge is -2.39. The fraction of sp³-hybridized carbons (Fsp3) is 0.440. The Morgan fingerprint density at radius 3 is 1.87 bits per heavy atom. The van der Waals surface area contributed by atoms with E-state index in [0.717, 1.165) is 32.7 Å². The fourth-order valence-electron chi connectivity index (χ4n) is 4.15. The van der Waals surface area contributed by atoms with Crippen molar-refractivity contribution in [2.75, 3.05) is 52.4 Å². The lowest BCUT2D eigenvalue weighted by atomic mass is 9.96. The lowest BCUT2D eigenvalue weighted by molar-refractivity contribution is -0.147. The maximum atomic E-state index is 12.6. The molecule has 0 aromatic heterocycles. The van der Waals surface area contributed by atoms with E-state index in [0.29, 0.717) is 19.6 Å². The van der Waals surface area contributed by atoms with Crippen LogP contribution in [0.5, 0.6) is 0 Å². The average molecular weight is 423 g/mol. The number of hydrogen-bond acceptors (Lipinski definition) is 4. The number of nitrogens with one attached hydrogen (secondary N) is 1. The van der Waals surface area contributed by atoms with Gasteiger partial charge in [0.15, 0.2) is 0 Å². The molecule has 3 rings (SSSR count). The number of hydrogen-bond donors (Lipinski definition) is 1. The summed E-state index contributed by atoms with van der Waals surface area (Å²) in [7, 11) is 0. The lowest BCUT2D eigenvalue weighted by Crippen LogP contribution is -2.53. The summed E-state index contributed by atoms with van der Waals surface area (Å²) in [4.78, 5) is 31.2. The van der Waals surface area contributed by atoms with E-state index in [9.17, 15) is 9.59 Å². The van der Waals surface area contributed by atoms with Crippen LogP contribution >= 0.6 is 0 Å². The van der Waals surface area contributed by atoms with Crippen LogP contribution in [-0.4, -0.2) is 78.9 Å². The van der Waals surface area contributed by atoms with Crippen LogP contribution in [0, 0.1) is 0 Å². The zero-order valence-electron chi connectivity index (χ0n) is 18.7. The Bertz CT molecular complexity index is 776. The molecule has 1 heterocycles. The molecule has 0 aliphatic carbocycles. The summed E-state index contributed by atoms with van der Waals surface area (Å²) in [5.41, 5.74) is 2.48. The second-order valence-corrected chi connectivity index (χ2v) is 7.83. The summed E-state index contributed by atoms with van der Waals surface area (Å²) in [6, 6.07) is 21.1. The molecule has 166 valence electrons. The molecule has 0 bridgehead atoms. The van der Waals surface area contributed by atoms with E-state index >= 15 is 0 Å². The average Bonchev–Trinajstić information content (AvgIpc) is 2.83. The predicted octanol–water partition coefficient (Wildman–Crippen LogP) is 2.38. The Morgan fingerprint density at radius 2 is 1.39 bits per heavy atom. The number of carbonyl (C=O) groups is 2. The van der Waals surface area contributed by atoms with Gasteiger partial charge in [0.25, 0.3) is 0 Å². The smallest absolute Gasteiger partial charge is 0.311 e. The van der Waals surface area contributed by atoms with E-state index in [1.807, 2.05) is 12.1 Å². The van der Waals surface area contributed by atoms with Gasteiger partial charge in [0.1, 0.15) is 0 Å². The molecule has 1 aliphatic heterocycles. The highest BCUT2D eigenvalue weighted by Gasteiger charge is 2.30. The number of rotatable bonds is 8. The zero-order chi connectivity index (χ0) is 22.1. The molecule has 1 saturated heterocycles. The summed E-state index contributed by atoms with van der Waals surface area (Å²) >= 11 is 0. The Morgan fingerprint density at radius 1 is 0.871 bits per heavy atom. The topological polar surface area (TPSA) is 55.9 Å². The Balaban J connectivity index is 1.58. The van der Waals surface area contributed by atoms with E-state index in [4.69, 9.17) is 0 Å². The summed E-state index contributed by atoms with van der Waals surface area (Å²) in [5, 5.41) is 2.78. The standard InChI is InChI=1S/C25H34N4O2/c1-3-27(4-2)16-15-26-24(30)25(31)29-19-17-28(18-20-29)23(21-11-7-5-8-12-21)22-13-9-6-10-14-22/h5-14,23H,3-4,15-20H2,1-2H3,(H,26,30). The molecule has 1 N–H and O–H groups in total. The van der Waals surface area contributed by atoms with Gasteiger partial charge in [-0.15, -0.1) is 0 Å². The molecule has 6 heteroatoms. The Labute approximate surface area is 185 Å². The van der Waals surface area contributed by atoms with Crippen molar-refractivity contribution < 1.29 is 9.59 Å². The van der Waals surface area contributed by atoms with E-state index in [1.165, 1.54) is 11.1 Å². The van der Waals surface area contributed by atoms with Crippen LogP contribution in [0.1, 0.15) is 31.0 Å². The number of nitrogens with zero attached hydrogens (tertiary/aromatic N) is 3. The van der Waals surface area contributed by atoms with Gasteiger partial charge in [-0.25, -0.2) is 0 Å². The molecule has 1 fully saturated rings. The van der Waals surface area contributed by atoms with Crippen LogP contribution in [0.25, 0.3) is 0 Å². The van der Waals surface area contributed by atoms with Crippen LogP contribution in [0.15, 0.2) is 60.7 Å². The third-order valence-corrected chi connectivity index (χ3v) is 6.00. The quantitative estimate of drug-likeness (QED) is 0.664. The third-order valence-electron chi connectivity index (χ3n) is 6.00. The highest BCUT2D eigenvalue weighted by molar-refractivity contribution is 6.35.